The Hall–Kier alpha value is 1.53. The van der Waals surface area contributed by atoms with Crippen molar-refractivity contribution in [3.8, 4) is 0 Å². The molecule has 0 saturated heterocycles. The Morgan fingerprint density at radius 1 is 0.500 bits per heavy atom. The highest BCUT2D eigenvalue weighted by Crippen LogP contribution is 0.145. The number of hydrogen-bond donors (Lipinski definition) is 0. The van der Waals surface area contributed by atoms with E-state index in [0.717, 1.165) is 0 Å². The van der Waals surface area contributed by atoms with Gasteiger partial charge >= 0.3 is 46.1 Å². The first-order valence-electron chi connectivity index (χ1n) is 0. The van der Waals surface area contributed by atoms with Crippen molar-refractivity contribution in [2.75, 3.05) is 0 Å². The SMILES string of the molecule is C.C.[MgH2].[MgH2]. The van der Waals surface area contributed by atoms with Crippen LogP contribution in [0.1, 0.15) is 14.9 Å². The van der Waals surface area contributed by atoms with Crippen LogP contribution in [0.4, 0.5) is 0 Å². The van der Waals surface area contributed by atoms with Crippen molar-refractivity contribution in [2.45, 2.75) is 14.9 Å². The van der Waals surface area contributed by atoms with E-state index >= 15 is 0 Å². The number of hydrogen-bond acceptors (Lipinski definition) is 0. The average Bonchev–Trinajstić information content (AvgIpc) is 0. The topological polar surface area (TPSA) is 0 Å². The molecule has 0 amide bonds. The highest BCUT2D eigenvalue weighted by Gasteiger charge is 0.317. The van der Waals surface area contributed by atoms with Crippen molar-refractivity contribution in [3.05, 3.63) is 0 Å². The van der Waals surface area contributed by atoms with Gasteiger partial charge in [0.1, 0.15) is 0 Å². The predicted octanol–water partition coefficient (Wildman–Crippen LogP) is -0.560. The van der Waals surface area contributed by atoms with Crippen molar-refractivity contribution in [2.24, 2.45) is 0 Å². The molecule has 2 heteroatoms. The molecule has 0 aliphatic rings. The van der Waals surface area contributed by atoms with E-state index in [1.54, 1.807) is 0 Å². The molecule has 0 rings (SSSR count). The molecule has 0 fully saturated rings. The summed E-state index contributed by atoms with van der Waals surface area (Å²) in [6, 6.07) is 0. The van der Waals surface area contributed by atoms with Gasteiger partial charge < -0.3 is 0 Å². The molecule has 24 valence electrons. The Kier molecular flexibility index (Phi) is 291. The second kappa shape index (κ2) is 24.1. The van der Waals surface area contributed by atoms with E-state index in [0.29, 0.717) is 0 Å². The summed E-state index contributed by atoms with van der Waals surface area (Å²) in [4.78, 5) is 0. The van der Waals surface area contributed by atoms with Gasteiger partial charge in [0, 0.05) is 0 Å². The fraction of sp³-hybridized carbons (Fsp3) is 1.00. The van der Waals surface area contributed by atoms with Gasteiger partial charge in [-0.3, -0.25) is 0 Å². The Balaban J connectivity index is 0. The first-order chi connectivity index (χ1) is 0. The summed E-state index contributed by atoms with van der Waals surface area (Å²) >= 11 is 0. The normalized spacial score (nSPS) is 0. The van der Waals surface area contributed by atoms with E-state index in [1.807, 2.05) is 0 Å². The summed E-state index contributed by atoms with van der Waals surface area (Å²) in [5.74, 6) is 0. The van der Waals surface area contributed by atoms with Crippen LogP contribution < -0.4 is 0 Å². The second-order valence-electron chi connectivity index (χ2n) is 0. The smallest absolute Gasteiger partial charge is 0.0776 e. The molecule has 0 unspecified atom stereocenters. The third kappa shape index (κ3) is 9.65. The van der Waals surface area contributed by atoms with Gasteiger partial charge in [-0.05, 0) is 0 Å². The van der Waals surface area contributed by atoms with E-state index < -0.39 is 0 Å². The summed E-state index contributed by atoms with van der Waals surface area (Å²) in [6.07, 6.45) is 0. The molecule has 4 heavy (non-hydrogen) atoms. The molecule has 0 N–H and O–H groups in total. The third-order valence-corrected chi connectivity index (χ3v) is 0. The van der Waals surface area contributed by atoms with Gasteiger partial charge in [-0.1, -0.05) is 14.9 Å². The van der Waals surface area contributed by atoms with Gasteiger partial charge in [0.05, 0.1) is 0 Å². The van der Waals surface area contributed by atoms with Crippen LogP contribution in [-0.2, 0) is 0 Å². The van der Waals surface area contributed by atoms with Crippen LogP contribution in [0.15, 0.2) is 0 Å². The van der Waals surface area contributed by atoms with Crippen molar-refractivity contribution < 1.29 is 0 Å². The van der Waals surface area contributed by atoms with E-state index in [2.05, 4.69) is 0 Å². The highest BCUT2D eigenvalue weighted by molar-refractivity contribution is 5.76. The summed E-state index contributed by atoms with van der Waals surface area (Å²) in [7, 11) is 0. The fourth-order valence-corrected chi connectivity index (χ4v) is 0. The molecule has 0 aromatic heterocycles. The maximum Gasteiger partial charge on any atom is 0.316 e. The lowest BCUT2D eigenvalue weighted by Crippen LogP contribution is -0.382. The van der Waals surface area contributed by atoms with Crippen LogP contribution in [0.5, 0.6) is 0 Å². The highest BCUT2D eigenvalue weighted by atomic mass is 24.3. The summed E-state index contributed by atoms with van der Waals surface area (Å²) in [5, 5.41) is 0. The summed E-state index contributed by atoms with van der Waals surface area (Å²) in [5.41, 5.74) is 0. The summed E-state index contributed by atoms with van der Waals surface area (Å²) in [6.45, 7) is 0. The molecule has 0 bridgehead atoms. The largest absolute Gasteiger partial charge is 0.316 e. The Morgan fingerprint density at radius 2 is 0.500 bits per heavy atom. The van der Waals surface area contributed by atoms with Crippen LogP contribution >= 0.6 is 0 Å². The van der Waals surface area contributed by atoms with Crippen LogP contribution in [0.3, 0.4) is 0 Å². The van der Waals surface area contributed by atoms with Gasteiger partial charge in [0.15, 0.2) is 0 Å². The van der Waals surface area contributed by atoms with Crippen LogP contribution in [-0.4, -0.2) is 46.1 Å². The molecule has 0 aliphatic carbocycles. The maximum atomic E-state index is 0. The van der Waals surface area contributed by atoms with Gasteiger partial charge in [-0.15, -0.1) is 0 Å². The lowest BCUT2D eigenvalue weighted by molar-refractivity contribution is 2.50. The van der Waals surface area contributed by atoms with Crippen molar-refractivity contribution in [3.63, 3.8) is 0 Å². The standard InChI is InChI=1S/2CH4.2Mg.4H/h2*1H4;;;;;;. The molecule has 0 atom stereocenters. The van der Waals surface area contributed by atoms with Crippen LogP contribution in [0.25, 0.3) is 0 Å². The minimum absolute atomic E-state index is 0. The molecule has 0 spiro atoms. The van der Waals surface area contributed by atoms with E-state index in [9.17, 15) is 0 Å². The molecular formula is C2H12Mg2. The minimum atomic E-state index is 0. The average molecular weight is 84.7 g/mol. The molecule has 0 saturated carbocycles. The maximum absolute atomic E-state index is 0. The molecule has 0 radical (unpaired) electrons. The van der Waals surface area contributed by atoms with E-state index in [1.165, 1.54) is 0 Å². The first-order valence-corrected chi connectivity index (χ1v) is 0. The van der Waals surface area contributed by atoms with Gasteiger partial charge in [0.2, 0.25) is 0 Å². The van der Waals surface area contributed by atoms with E-state index in [-0.39, 0.29) is 61.0 Å². The lowest BCUT2D eigenvalue weighted by Gasteiger charge is -0.0786. The van der Waals surface area contributed by atoms with Gasteiger partial charge in [0.25, 0.3) is 0 Å². The molecular weight excluding hydrogens is 72.6 g/mol. The molecule has 0 nitrogen and oxygen atoms in total. The second-order valence-corrected chi connectivity index (χ2v) is 0. The lowest BCUT2D eigenvalue weighted by atomic mass is 12.0. The zero-order valence-electron chi connectivity index (χ0n) is 0. The molecule has 0 aromatic rings. The molecule has 0 aliphatic heterocycles. The van der Waals surface area contributed by atoms with Gasteiger partial charge in [-0.2, -0.15) is 0 Å². The quantitative estimate of drug-likeness (QED) is 0.346. The molecule has 0 heterocycles. The van der Waals surface area contributed by atoms with Gasteiger partial charge in [-0.25, -0.2) is 0 Å². The monoisotopic (exact) mass is 84.1 g/mol. The van der Waals surface area contributed by atoms with Crippen molar-refractivity contribution >= 4 is 46.1 Å². The van der Waals surface area contributed by atoms with E-state index in [4.69, 9.17) is 0 Å². The predicted molar refractivity (Wildman–Crippen MR) is 30.5 cm³/mol. The fourth-order valence-electron chi connectivity index (χ4n) is 0. The van der Waals surface area contributed by atoms with Crippen LogP contribution in [0, 0.1) is 0 Å². The summed E-state index contributed by atoms with van der Waals surface area (Å²) < 4.78 is 0. The first kappa shape index (κ1) is 48.4. The van der Waals surface area contributed by atoms with Crippen molar-refractivity contribution in [1.82, 2.24) is 0 Å². The zero-order valence-corrected chi connectivity index (χ0v) is 0. The Bertz CT molecular complexity index is 4.00. The minimum Gasteiger partial charge on any atom is -0.0776 e. The van der Waals surface area contributed by atoms with Crippen LogP contribution in [0.2, 0.25) is 0 Å². The Morgan fingerprint density at radius 3 is 0.500 bits per heavy atom. The van der Waals surface area contributed by atoms with Crippen molar-refractivity contribution in [1.29, 1.82) is 0 Å². The molecule has 0 aromatic carbocycles. The third-order valence-electron chi connectivity index (χ3n) is 0. The number of rotatable bonds is 0. The Labute approximate surface area is 60.6 Å². The zero-order chi connectivity index (χ0) is 0.